The first-order chi connectivity index (χ1) is 18.5. The lowest BCUT2D eigenvalue weighted by atomic mass is 9.82. The normalized spacial score (nSPS) is 17.1. The Morgan fingerprint density at radius 2 is 1.39 bits per heavy atom. The molecule has 0 saturated heterocycles. The molecule has 4 rings (SSSR count). The Morgan fingerprint density at radius 1 is 0.763 bits per heavy atom. The van der Waals surface area contributed by atoms with E-state index in [0.29, 0.717) is 30.5 Å². The number of phenolic OH excluding ortho intramolecular Hbond substituents is 1. The number of carboxylic acid groups (broad SMARTS) is 1. The first-order valence-corrected chi connectivity index (χ1v) is 13.4. The van der Waals surface area contributed by atoms with Crippen LogP contribution in [0.15, 0.2) is 72.8 Å². The van der Waals surface area contributed by atoms with Crippen LogP contribution in [0.2, 0.25) is 0 Å². The minimum Gasteiger partial charge on any atom is -0.508 e. The van der Waals surface area contributed by atoms with E-state index >= 15 is 0 Å². The van der Waals surface area contributed by atoms with E-state index in [1.807, 2.05) is 42.5 Å². The fourth-order valence-corrected chi connectivity index (χ4v) is 5.04. The van der Waals surface area contributed by atoms with Crippen molar-refractivity contribution in [1.29, 1.82) is 0 Å². The summed E-state index contributed by atoms with van der Waals surface area (Å²) in [5.74, 6) is 1.04. The molecule has 0 unspecified atom stereocenters. The van der Waals surface area contributed by atoms with Crippen molar-refractivity contribution < 1.29 is 19.8 Å². The first-order valence-electron chi connectivity index (χ1n) is 13.4. The third kappa shape index (κ3) is 8.35. The second-order valence-corrected chi connectivity index (χ2v) is 10.2. The SMILES string of the molecule is O=C(O)NCC1CCC(CNC(=O)c2cccc(-c3cccc(CNCCc4ccc(O)cc4)c3)c2)CC1. The van der Waals surface area contributed by atoms with E-state index in [2.05, 4.69) is 34.1 Å². The first kappa shape index (κ1) is 27.2. The maximum absolute atomic E-state index is 12.9. The minimum atomic E-state index is -0.966. The van der Waals surface area contributed by atoms with E-state index < -0.39 is 6.09 Å². The molecule has 0 bridgehead atoms. The molecule has 0 atom stereocenters. The molecule has 0 aromatic heterocycles. The number of phenols is 1. The fraction of sp³-hybridized carbons (Fsp3) is 0.355. The van der Waals surface area contributed by atoms with E-state index in [0.717, 1.165) is 56.3 Å². The smallest absolute Gasteiger partial charge is 0.404 e. The van der Waals surface area contributed by atoms with Crippen molar-refractivity contribution in [3.8, 4) is 16.9 Å². The van der Waals surface area contributed by atoms with Gasteiger partial charge in [-0.3, -0.25) is 4.79 Å². The quantitative estimate of drug-likeness (QED) is 0.226. The minimum absolute atomic E-state index is 0.0615. The predicted octanol–water partition coefficient (Wildman–Crippen LogP) is 5.20. The van der Waals surface area contributed by atoms with Gasteiger partial charge in [-0.15, -0.1) is 0 Å². The van der Waals surface area contributed by atoms with E-state index in [1.165, 1.54) is 11.1 Å². The van der Waals surface area contributed by atoms with Gasteiger partial charge in [-0.1, -0.05) is 42.5 Å². The highest BCUT2D eigenvalue weighted by Crippen LogP contribution is 2.28. The maximum atomic E-state index is 12.9. The summed E-state index contributed by atoms with van der Waals surface area (Å²) in [6, 6.07) is 23.4. The van der Waals surface area contributed by atoms with Gasteiger partial charge in [-0.2, -0.15) is 0 Å². The maximum Gasteiger partial charge on any atom is 0.404 e. The number of carbonyl (C=O) groups is 2. The summed E-state index contributed by atoms with van der Waals surface area (Å²) >= 11 is 0. The molecule has 1 fully saturated rings. The number of rotatable bonds is 11. The van der Waals surface area contributed by atoms with Crippen LogP contribution < -0.4 is 16.0 Å². The second kappa shape index (κ2) is 13.6. The molecule has 0 heterocycles. The third-order valence-electron chi connectivity index (χ3n) is 7.30. The van der Waals surface area contributed by atoms with Crippen molar-refractivity contribution >= 4 is 12.0 Å². The van der Waals surface area contributed by atoms with Crippen LogP contribution in [0.1, 0.15) is 47.2 Å². The Kier molecular flexibility index (Phi) is 9.76. The highest BCUT2D eigenvalue weighted by atomic mass is 16.4. The van der Waals surface area contributed by atoms with Gasteiger partial charge in [0, 0.05) is 25.2 Å². The summed E-state index contributed by atoms with van der Waals surface area (Å²) in [4.78, 5) is 23.6. The van der Waals surface area contributed by atoms with Gasteiger partial charge in [0.1, 0.15) is 5.75 Å². The predicted molar refractivity (Wildman–Crippen MR) is 149 cm³/mol. The van der Waals surface area contributed by atoms with Gasteiger partial charge >= 0.3 is 6.09 Å². The van der Waals surface area contributed by atoms with Crippen LogP contribution in [-0.2, 0) is 13.0 Å². The van der Waals surface area contributed by atoms with Gasteiger partial charge in [0.25, 0.3) is 5.91 Å². The van der Waals surface area contributed by atoms with Crippen LogP contribution in [0.25, 0.3) is 11.1 Å². The van der Waals surface area contributed by atoms with Crippen molar-refractivity contribution in [1.82, 2.24) is 16.0 Å². The number of amides is 2. The zero-order chi connectivity index (χ0) is 26.7. The monoisotopic (exact) mass is 515 g/mol. The van der Waals surface area contributed by atoms with Crippen LogP contribution in [0, 0.1) is 11.8 Å². The Hall–Kier alpha value is -3.84. The van der Waals surface area contributed by atoms with Crippen molar-refractivity contribution in [3.63, 3.8) is 0 Å². The van der Waals surface area contributed by atoms with Crippen molar-refractivity contribution in [2.45, 2.75) is 38.6 Å². The number of hydrogen-bond donors (Lipinski definition) is 5. The van der Waals surface area contributed by atoms with Crippen molar-refractivity contribution in [2.75, 3.05) is 19.6 Å². The molecule has 200 valence electrons. The number of aromatic hydroxyl groups is 1. The average Bonchev–Trinajstić information content (AvgIpc) is 2.94. The van der Waals surface area contributed by atoms with E-state index in [-0.39, 0.29) is 11.7 Å². The molecule has 2 amide bonds. The molecule has 7 heteroatoms. The molecule has 3 aromatic carbocycles. The van der Waals surface area contributed by atoms with Gasteiger partial charge in [0.05, 0.1) is 0 Å². The second-order valence-electron chi connectivity index (χ2n) is 10.2. The van der Waals surface area contributed by atoms with Crippen LogP contribution in [0.3, 0.4) is 0 Å². The van der Waals surface area contributed by atoms with Gasteiger partial charge in [-0.05, 0) is 103 Å². The molecule has 0 aliphatic heterocycles. The zero-order valence-corrected chi connectivity index (χ0v) is 21.7. The Morgan fingerprint density at radius 3 is 2.08 bits per heavy atom. The van der Waals surface area contributed by atoms with Crippen LogP contribution >= 0.6 is 0 Å². The zero-order valence-electron chi connectivity index (χ0n) is 21.7. The molecule has 1 aliphatic rings. The average molecular weight is 516 g/mol. The molecule has 0 spiro atoms. The third-order valence-corrected chi connectivity index (χ3v) is 7.30. The highest BCUT2D eigenvalue weighted by Gasteiger charge is 2.22. The largest absolute Gasteiger partial charge is 0.508 e. The van der Waals surface area contributed by atoms with E-state index in [1.54, 1.807) is 12.1 Å². The molecule has 7 nitrogen and oxygen atoms in total. The lowest BCUT2D eigenvalue weighted by Gasteiger charge is -2.28. The molecule has 0 radical (unpaired) electrons. The Labute approximate surface area is 224 Å². The molecule has 5 N–H and O–H groups in total. The van der Waals surface area contributed by atoms with Gasteiger partial charge in [0.15, 0.2) is 0 Å². The molecule has 38 heavy (non-hydrogen) atoms. The number of benzene rings is 3. The summed E-state index contributed by atoms with van der Waals surface area (Å²) in [5.41, 5.74) is 5.09. The summed E-state index contributed by atoms with van der Waals surface area (Å²) < 4.78 is 0. The topological polar surface area (TPSA) is 111 Å². The highest BCUT2D eigenvalue weighted by molar-refractivity contribution is 5.95. The summed E-state index contributed by atoms with van der Waals surface area (Å²) in [6.45, 7) is 2.75. The molecular weight excluding hydrogens is 478 g/mol. The molecule has 1 aliphatic carbocycles. The Balaban J connectivity index is 1.25. The summed E-state index contributed by atoms with van der Waals surface area (Å²) in [6.07, 6.45) is 3.90. The lowest BCUT2D eigenvalue weighted by Crippen LogP contribution is -2.34. The number of carbonyl (C=O) groups excluding carboxylic acids is 1. The van der Waals surface area contributed by atoms with Gasteiger partial charge in [0.2, 0.25) is 0 Å². The van der Waals surface area contributed by atoms with E-state index in [4.69, 9.17) is 5.11 Å². The standard InChI is InChI=1S/C31H37N3O4/c35-29-13-11-22(12-14-29)15-16-32-19-25-3-1-4-26(17-25)27-5-2-6-28(18-27)30(36)33-20-23-7-9-24(10-8-23)21-34-31(37)38/h1-6,11-14,17-18,23-24,32,34-35H,7-10,15-16,19-21H2,(H,33,36)(H,37,38). The fourth-order valence-electron chi connectivity index (χ4n) is 5.04. The number of nitrogens with one attached hydrogen (secondary N) is 3. The molecule has 1 saturated carbocycles. The van der Waals surface area contributed by atoms with E-state index in [9.17, 15) is 14.7 Å². The van der Waals surface area contributed by atoms with Crippen molar-refractivity contribution in [2.24, 2.45) is 11.8 Å². The van der Waals surface area contributed by atoms with Gasteiger partial charge in [-0.25, -0.2) is 4.79 Å². The van der Waals surface area contributed by atoms with Crippen LogP contribution in [0.5, 0.6) is 5.75 Å². The summed E-state index contributed by atoms with van der Waals surface area (Å²) in [5, 5.41) is 27.2. The lowest BCUT2D eigenvalue weighted by molar-refractivity contribution is 0.0941. The molecule has 3 aromatic rings. The van der Waals surface area contributed by atoms with Crippen molar-refractivity contribution in [3.05, 3.63) is 89.5 Å². The van der Waals surface area contributed by atoms with Crippen LogP contribution in [0.4, 0.5) is 4.79 Å². The van der Waals surface area contributed by atoms with Gasteiger partial charge < -0.3 is 26.2 Å². The summed E-state index contributed by atoms with van der Waals surface area (Å²) in [7, 11) is 0. The van der Waals surface area contributed by atoms with Crippen LogP contribution in [-0.4, -0.2) is 41.8 Å². The Bertz CT molecular complexity index is 1200. The molecular formula is C31H37N3O4. The number of hydrogen-bond acceptors (Lipinski definition) is 4.